The summed E-state index contributed by atoms with van der Waals surface area (Å²) in [6.45, 7) is -0.411. The normalized spacial score (nSPS) is 22.9. The molecule has 1 amide bonds. The van der Waals surface area contributed by atoms with Crippen molar-refractivity contribution in [2.75, 3.05) is 25.6 Å². The lowest BCUT2D eigenvalue weighted by molar-refractivity contribution is -0.124. The Labute approximate surface area is 196 Å². The average Bonchev–Trinajstić information content (AvgIpc) is 3.40. The van der Waals surface area contributed by atoms with Crippen LogP contribution in [0.15, 0.2) is 36.9 Å². The van der Waals surface area contributed by atoms with Gasteiger partial charge in [0, 0.05) is 19.7 Å². The number of aliphatic hydroxyl groups excluding tert-OH is 2. The summed E-state index contributed by atoms with van der Waals surface area (Å²) in [6.07, 6.45) is 5.58. The Balaban J connectivity index is 1.50. The highest BCUT2D eigenvalue weighted by Crippen LogP contribution is 2.32. The maximum Gasteiger partial charge on any atom is 0.237 e. The molecule has 1 fully saturated rings. The van der Waals surface area contributed by atoms with Crippen LogP contribution in [0.4, 0.5) is 5.82 Å². The van der Waals surface area contributed by atoms with Crippen LogP contribution in [0.1, 0.15) is 17.4 Å². The lowest BCUT2D eigenvalue weighted by atomic mass is 10.0. The fraction of sp³-hybridized carbons (Fsp3) is 0.391. The summed E-state index contributed by atoms with van der Waals surface area (Å²) >= 11 is 0. The number of aromatic nitrogens is 4. The van der Waals surface area contributed by atoms with Crippen LogP contribution < -0.4 is 16.0 Å². The van der Waals surface area contributed by atoms with Gasteiger partial charge in [0.1, 0.15) is 18.5 Å². The lowest BCUT2D eigenvalue weighted by Gasteiger charge is -2.23. The van der Waals surface area contributed by atoms with E-state index < -0.39 is 43.0 Å². The predicted molar refractivity (Wildman–Crippen MR) is 125 cm³/mol. The Morgan fingerprint density at radius 3 is 2.71 bits per heavy atom. The summed E-state index contributed by atoms with van der Waals surface area (Å²) in [6, 6.07) is 5.44. The summed E-state index contributed by atoms with van der Waals surface area (Å²) in [7, 11) is 3.67. The van der Waals surface area contributed by atoms with Crippen molar-refractivity contribution < 1.29 is 19.7 Å². The number of imidazole rings is 1. The maximum atomic E-state index is 12.8. The van der Waals surface area contributed by atoms with Crippen molar-refractivity contribution in [1.82, 2.24) is 24.8 Å². The van der Waals surface area contributed by atoms with Gasteiger partial charge in [-0.1, -0.05) is 18.1 Å². The van der Waals surface area contributed by atoms with E-state index in [9.17, 15) is 15.0 Å². The molecule has 3 heterocycles. The molecule has 1 aliphatic rings. The van der Waals surface area contributed by atoms with Crippen molar-refractivity contribution in [3.05, 3.63) is 48.0 Å². The van der Waals surface area contributed by atoms with Gasteiger partial charge in [-0.25, -0.2) is 15.0 Å². The van der Waals surface area contributed by atoms with Crippen LogP contribution >= 0.6 is 0 Å². The number of hydrogen-bond acceptors (Lipinski definition) is 9. The maximum absolute atomic E-state index is 12.8. The van der Waals surface area contributed by atoms with Gasteiger partial charge in [0.15, 0.2) is 23.2 Å². The Hall–Kier alpha value is -3.56. The molecule has 3 aromatic rings. The number of fused-ring (bicyclic) bond motifs is 1. The number of hydrogen-bond donors (Lipinski definition) is 4. The number of amides is 1. The first-order valence-corrected chi connectivity index (χ1v) is 10.7. The SMILES string of the molecule is C#Cc1ccc(CC(N)C(=O)N[C@H]2[C@@H](O)[C@H](n3cnc4c(N(C)C)ncnc43)O[C@@H]2CO)cc1. The van der Waals surface area contributed by atoms with E-state index in [0.29, 0.717) is 17.0 Å². The minimum atomic E-state index is -1.18. The molecule has 11 nitrogen and oxygen atoms in total. The number of ether oxygens (including phenoxy) is 1. The molecule has 1 aliphatic heterocycles. The highest BCUT2D eigenvalue weighted by Gasteiger charge is 2.46. The Morgan fingerprint density at radius 2 is 2.06 bits per heavy atom. The van der Waals surface area contributed by atoms with Gasteiger partial charge in [0.2, 0.25) is 5.91 Å². The number of nitrogens with two attached hydrogens (primary N) is 1. The molecule has 11 heteroatoms. The zero-order chi connectivity index (χ0) is 24.4. The van der Waals surface area contributed by atoms with Gasteiger partial charge >= 0.3 is 0 Å². The quantitative estimate of drug-likeness (QED) is 0.328. The molecule has 4 rings (SSSR count). The smallest absolute Gasteiger partial charge is 0.237 e. The topological polar surface area (TPSA) is 152 Å². The van der Waals surface area contributed by atoms with Crippen molar-refractivity contribution in [3.8, 4) is 12.3 Å². The molecule has 0 spiro atoms. The molecule has 1 aromatic carbocycles. The summed E-state index contributed by atoms with van der Waals surface area (Å²) < 4.78 is 7.45. The Kier molecular flexibility index (Phi) is 6.76. The molecule has 0 bridgehead atoms. The number of nitrogens with one attached hydrogen (secondary N) is 1. The van der Waals surface area contributed by atoms with E-state index in [1.54, 1.807) is 21.6 Å². The number of rotatable bonds is 7. The number of benzene rings is 1. The summed E-state index contributed by atoms with van der Waals surface area (Å²) in [5.41, 5.74) is 8.68. The number of aliphatic hydroxyl groups is 2. The van der Waals surface area contributed by atoms with Crippen molar-refractivity contribution in [3.63, 3.8) is 0 Å². The average molecular weight is 466 g/mol. The van der Waals surface area contributed by atoms with Crippen molar-refractivity contribution in [2.24, 2.45) is 5.73 Å². The number of terminal acetylenes is 1. The monoisotopic (exact) mass is 465 g/mol. The first-order chi connectivity index (χ1) is 16.3. The van der Waals surface area contributed by atoms with E-state index >= 15 is 0 Å². The van der Waals surface area contributed by atoms with Crippen molar-refractivity contribution in [2.45, 2.75) is 36.9 Å². The molecule has 1 saturated heterocycles. The number of nitrogens with zero attached hydrogens (tertiary/aromatic N) is 5. The lowest BCUT2D eigenvalue weighted by Crippen LogP contribution is -2.53. The van der Waals surface area contributed by atoms with Gasteiger partial charge in [-0.05, 0) is 24.1 Å². The van der Waals surface area contributed by atoms with Crippen LogP contribution in [0.5, 0.6) is 0 Å². The third-order valence-corrected chi connectivity index (χ3v) is 5.81. The highest BCUT2D eigenvalue weighted by atomic mass is 16.5. The highest BCUT2D eigenvalue weighted by molar-refractivity contribution is 5.83. The second-order valence-electron chi connectivity index (χ2n) is 8.34. The third-order valence-electron chi connectivity index (χ3n) is 5.81. The van der Waals surface area contributed by atoms with Crippen LogP contribution in [0.2, 0.25) is 0 Å². The van der Waals surface area contributed by atoms with Crippen LogP contribution in [0.3, 0.4) is 0 Å². The molecule has 0 saturated carbocycles. The molecule has 1 unspecified atom stereocenters. The first-order valence-electron chi connectivity index (χ1n) is 10.7. The number of anilines is 1. The van der Waals surface area contributed by atoms with Crippen molar-refractivity contribution >= 4 is 22.9 Å². The van der Waals surface area contributed by atoms with E-state index in [1.807, 2.05) is 26.2 Å². The number of carbonyl (C=O) groups is 1. The van der Waals surface area contributed by atoms with Gasteiger partial charge in [-0.2, -0.15) is 0 Å². The zero-order valence-electron chi connectivity index (χ0n) is 18.9. The molecule has 5 N–H and O–H groups in total. The third kappa shape index (κ3) is 4.44. The minimum Gasteiger partial charge on any atom is -0.394 e. The van der Waals surface area contributed by atoms with E-state index in [0.717, 1.165) is 11.1 Å². The standard InChI is InChI=1S/C23H27N7O4/c1-4-13-5-7-14(8-6-13)9-15(24)22(33)28-17-16(10-31)34-23(19(17)32)30-12-27-18-20(29(2)3)25-11-26-21(18)30/h1,5-8,11-12,15-17,19,23,31-32H,9-10,24H2,2-3H3,(H,28,33)/t15?,16-,17-,19-,23-/m1/s1. The molecule has 34 heavy (non-hydrogen) atoms. The molecular formula is C23H27N7O4. The minimum absolute atomic E-state index is 0.282. The molecule has 0 radical (unpaired) electrons. The Bertz CT molecular complexity index is 1200. The van der Waals surface area contributed by atoms with Crippen LogP contribution in [-0.4, -0.2) is 80.6 Å². The van der Waals surface area contributed by atoms with Crippen LogP contribution in [-0.2, 0) is 16.0 Å². The van der Waals surface area contributed by atoms with E-state index in [2.05, 4.69) is 26.2 Å². The summed E-state index contributed by atoms with van der Waals surface area (Å²) in [4.78, 5) is 27.5. The molecule has 0 aliphatic carbocycles. The van der Waals surface area contributed by atoms with E-state index in [-0.39, 0.29) is 6.42 Å². The van der Waals surface area contributed by atoms with Gasteiger partial charge in [0.25, 0.3) is 0 Å². The van der Waals surface area contributed by atoms with E-state index in [1.165, 1.54) is 12.7 Å². The van der Waals surface area contributed by atoms with Gasteiger partial charge in [-0.15, -0.1) is 6.42 Å². The van der Waals surface area contributed by atoms with Crippen LogP contribution in [0, 0.1) is 12.3 Å². The van der Waals surface area contributed by atoms with Crippen LogP contribution in [0.25, 0.3) is 11.2 Å². The first kappa shape index (κ1) is 23.6. The second kappa shape index (κ2) is 9.74. The number of carbonyl (C=O) groups excluding carboxylic acids is 1. The fourth-order valence-electron chi connectivity index (χ4n) is 4.01. The van der Waals surface area contributed by atoms with Gasteiger partial charge in [0.05, 0.1) is 25.0 Å². The van der Waals surface area contributed by atoms with Crippen molar-refractivity contribution in [1.29, 1.82) is 0 Å². The predicted octanol–water partition coefficient (Wildman–Crippen LogP) is -0.821. The van der Waals surface area contributed by atoms with E-state index in [4.69, 9.17) is 16.9 Å². The van der Waals surface area contributed by atoms with Gasteiger partial charge < -0.3 is 30.9 Å². The zero-order valence-corrected chi connectivity index (χ0v) is 18.9. The fourth-order valence-corrected chi connectivity index (χ4v) is 4.01. The Morgan fingerprint density at radius 1 is 1.32 bits per heavy atom. The molecule has 5 atom stereocenters. The molecule has 178 valence electrons. The largest absolute Gasteiger partial charge is 0.394 e. The molecular weight excluding hydrogens is 438 g/mol. The summed E-state index contributed by atoms with van der Waals surface area (Å²) in [5, 5.41) is 23.6. The summed E-state index contributed by atoms with van der Waals surface area (Å²) in [5.74, 6) is 2.68. The molecule has 2 aromatic heterocycles. The van der Waals surface area contributed by atoms with Gasteiger partial charge in [-0.3, -0.25) is 9.36 Å². The second-order valence-corrected chi connectivity index (χ2v) is 8.34.